The van der Waals surface area contributed by atoms with Crippen molar-refractivity contribution < 1.29 is 14.3 Å². The van der Waals surface area contributed by atoms with Gasteiger partial charge in [0.2, 0.25) is 0 Å². The van der Waals surface area contributed by atoms with E-state index in [4.69, 9.17) is 0 Å². The number of nitrogens with one attached hydrogen (secondary N) is 2. The highest BCUT2D eigenvalue weighted by Gasteiger charge is 2.10. The lowest BCUT2D eigenvalue weighted by atomic mass is 10.1. The second kappa shape index (κ2) is 9.70. The van der Waals surface area contributed by atoms with Gasteiger partial charge in [-0.25, -0.2) is 0 Å². The normalized spacial score (nSPS) is 10.7. The first-order valence-electron chi connectivity index (χ1n) is 9.09. The lowest BCUT2D eigenvalue weighted by Crippen LogP contribution is -2.36. The number of benzene rings is 1. The van der Waals surface area contributed by atoms with Crippen LogP contribution in [0.25, 0.3) is 11.0 Å². The fourth-order valence-electron chi connectivity index (χ4n) is 2.89. The summed E-state index contributed by atoms with van der Waals surface area (Å²) in [5.74, 6) is -0.437. The summed E-state index contributed by atoms with van der Waals surface area (Å²) in [5.41, 5.74) is 0.162. The van der Waals surface area contributed by atoms with Gasteiger partial charge < -0.3 is 19.6 Å². The number of rotatable bonds is 9. The summed E-state index contributed by atoms with van der Waals surface area (Å²) < 4.78 is 5.96. The molecule has 0 saturated carbocycles. The molecule has 0 fully saturated rings. The third-order valence-electron chi connectivity index (χ3n) is 4.37. The lowest BCUT2D eigenvalue weighted by molar-refractivity contribution is -0.140. The molecule has 0 radical (unpaired) electrons. The molecule has 27 heavy (non-hydrogen) atoms. The second-order valence-electron chi connectivity index (χ2n) is 6.23. The number of ether oxygens (including phenoxy) is 1. The van der Waals surface area contributed by atoms with Gasteiger partial charge in [-0.2, -0.15) is 0 Å². The maximum atomic E-state index is 12.3. The Labute approximate surface area is 156 Å². The van der Waals surface area contributed by atoms with Crippen molar-refractivity contribution in [3.8, 4) is 0 Å². The molecular weight excluding hydrogens is 350 g/mol. The number of esters is 1. The van der Waals surface area contributed by atoms with Crippen LogP contribution in [0.4, 0.5) is 0 Å². The highest BCUT2D eigenvalue weighted by atomic mass is 16.5. The summed E-state index contributed by atoms with van der Waals surface area (Å²) in [4.78, 5) is 49.4. The molecule has 2 aromatic rings. The van der Waals surface area contributed by atoms with E-state index in [0.717, 1.165) is 25.7 Å². The first-order chi connectivity index (χ1) is 13.0. The number of hydrogen-bond acceptors (Lipinski definition) is 5. The largest absolute Gasteiger partial charge is 0.469 e. The van der Waals surface area contributed by atoms with E-state index in [1.54, 1.807) is 25.1 Å². The Morgan fingerprint density at radius 1 is 1.15 bits per heavy atom. The van der Waals surface area contributed by atoms with Gasteiger partial charge >= 0.3 is 17.1 Å². The predicted molar refractivity (Wildman–Crippen MR) is 102 cm³/mol. The number of fused-ring (bicyclic) bond motifs is 1. The molecular formula is C19H25N3O5. The second-order valence-corrected chi connectivity index (χ2v) is 6.23. The Bertz CT molecular complexity index is 929. The number of methoxy groups -OCH3 is 1. The fourth-order valence-corrected chi connectivity index (χ4v) is 2.89. The molecule has 8 heteroatoms. The topological polar surface area (TPSA) is 110 Å². The summed E-state index contributed by atoms with van der Waals surface area (Å²) in [7, 11) is 1.38. The molecule has 8 nitrogen and oxygen atoms in total. The number of amides is 1. The lowest BCUT2D eigenvalue weighted by Gasteiger charge is -2.09. The zero-order valence-electron chi connectivity index (χ0n) is 15.7. The highest BCUT2D eigenvalue weighted by molar-refractivity contribution is 5.97. The van der Waals surface area contributed by atoms with Crippen molar-refractivity contribution in [2.45, 2.75) is 45.6 Å². The van der Waals surface area contributed by atoms with Crippen molar-refractivity contribution >= 4 is 22.9 Å². The zero-order valence-corrected chi connectivity index (χ0v) is 15.7. The molecule has 0 aliphatic heterocycles. The van der Waals surface area contributed by atoms with Gasteiger partial charge in [0.1, 0.15) is 0 Å². The van der Waals surface area contributed by atoms with Gasteiger partial charge in [0, 0.05) is 25.1 Å². The van der Waals surface area contributed by atoms with Crippen LogP contribution in [0, 0.1) is 0 Å². The first kappa shape index (κ1) is 20.4. The maximum absolute atomic E-state index is 12.3. The van der Waals surface area contributed by atoms with Gasteiger partial charge in [0.25, 0.3) is 5.91 Å². The molecule has 0 saturated heterocycles. The fraction of sp³-hybridized carbons (Fsp3) is 0.474. The molecule has 0 spiro atoms. The van der Waals surface area contributed by atoms with E-state index in [1.807, 2.05) is 0 Å². The molecule has 1 aromatic heterocycles. The predicted octanol–water partition coefficient (Wildman–Crippen LogP) is 1.56. The Morgan fingerprint density at radius 3 is 2.59 bits per heavy atom. The molecule has 0 aliphatic rings. The van der Waals surface area contributed by atoms with E-state index < -0.39 is 11.1 Å². The Hall–Kier alpha value is -2.90. The molecule has 0 aliphatic carbocycles. The third-order valence-corrected chi connectivity index (χ3v) is 4.37. The van der Waals surface area contributed by atoms with Crippen LogP contribution in [-0.4, -0.2) is 35.1 Å². The number of aromatic nitrogens is 2. The zero-order chi connectivity index (χ0) is 19.8. The molecule has 0 atom stereocenters. The average Bonchev–Trinajstić information content (AvgIpc) is 2.67. The highest BCUT2D eigenvalue weighted by Crippen LogP contribution is 2.12. The van der Waals surface area contributed by atoms with Crippen molar-refractivity contribution in [3.63, 3.8) is 0 Å². The van der Waals surface area contributed by atoms with Crippen LogP contribution in [0.15, 0.2) is 27.8 Å². The molecule has 1 amide bonds. The monoisotopic (exact) mass is 375 g/mol. The summed E-state index contributed by atoms with van der Waals surface area (Å²) in [5, 5.41) is 2.84. The summed E-state index contributed by atoms with van der Waals surface area (Å²) >= 11 is 0. The summed E-state index contributed by atoms with van der Waals surface area (Å²) in [6.45, 7) is 2.69. The smallest absolute Gasteiger partial charge is 0.316 e. The molecule has 1 heterocycles. The number of nitrogens with zero attached hydrogens (tertiary/aromatic N) is 1. The average molecular weight is 375 g/mol. The number of unbranched alkanes of at least 4 members (excludes halogenated alkanes) is 3. The van der Waals surface area contributed by atoms with Crippen LogP contribution < -0.4 is 16.4 Å². The molecule has 0 unspecified atom stereocenters. The van der Waals surface area contributed by atoms with Crippen molar-refractivity contribution in [1.82, 2.24) is 14.9 Å². The van der Waals surface area contributed by atoms with Gasteiger partial charge in [0.15, 0.2) is 0 Å². The number of carbonyl (C=O) groups excluding carboxylic acids is 2. The minimum absolute atomic E-state index is 0.203. The maximum Gasteiger partial charge on any atom is 0.316 e. The van der Waals surface area contributed by atoms with Crippen molar-refractivity contribution in [1.29, 1.82) is 0 Å². The number of aromatic amines is 1. The van der Waals surface area contributed by atoms with Crippen molar-refractivity contribution in [2.24, 2.45) is 0 Å². The molecule has 2 rings (SSSR count). The quantitative estimate of drug-likeness (QED) is 0.393. The number of aryl methyl sites for hydroxylation is 1. The van der Waals surface area contributed by atoms with E-state index in [2.05, 4.69) is 15.0 Å². The molecule has 0 bridgehead atoms. The van der Waals surface area contributed by atoms with Crippen LogP contribution >= 0.6 is 0 Å². The van der Waals surface area contributed by atoms with Crippen LogP contribution in [-0.2, 0) is 16.1 Å². The van der Waals surface area contributed by atoms with Gasteiger partial charge in [-0.1, -0.05) is 12.8 Å². The van der Waals surface area contributed by atoms with E-state index in [9.17, 15) is 19.2 Å². The van der Waals surface area contributed by atoms with Gasteiger partial charge in [-0.3, -0.25) is 19.2 Å². The summed E-state index contributed by atoms with van der Waals surface area (Å²) in [6.07, 6.45) is 3.81. The number of hydrogen-bond donors (Lipinski definition) is 2. The van der Waals surface area contributed by atoms with Crippen molar-refractivity contribution in [3.05, 3.63) is 44.5 Å². The Morgan fingerprint density at radius 2 is 1.89 bits per heavy atom. The van der Waals surface area contributed by atoms with Crippen molar-refractivity contribution in [2.75, 3.05) is 13.7 Å². The van der Waals surface area contributed by atoms with E-state index in [-0.39, 0.29) is 11.9 Å². The Kier molecular flexibility index (Phi) is 7.34. The number of carbonyl (C=O) groups is 2. The van der Waals surface area contributed by atoms with Gasteiger partial charge in [0.05, 0.1) is 18.1 Å². The van der Waals surface area contributed by atoms with Crippen LogP contribution in [0.5, 0.6) is 0 Å². The third kappa shape index (κ3) is 5.29. The molecule has 1 aromatic carbocycles. The van der Waals surface area contributed by atoms with Crippen LogP contribution in [0.3, 0.4) is 0 Å². The van der Waals surface area contributed by atoms with E-state index in [1.165, 1.54) is 11.7 Å². The minimum Gasteiger partial charge on any atom is -0.469 e. The Balaban J connectivity index is 1.91. The van der Waals surface area contributed by atoms with Crippen LogP contribution in [0.1, 0.15) is 49.4 Å². The molecule has 2 N–H and O–H groups in total. The SMILES string of the molecule is CCn1c(=O)c(=O)[nH]c2cc(C(=O)NCCCCCCC(=O)OC)ccc21. The van der Waals surface area contributed by atoms with E-state index >= 15 is 0 Å². The number of H-pyrrole nitrogens is 1. The van der Waals surface area contributed by atoms with Gasteiger partial charge in [-0.05, 0) is 38.0 Å². The van der Waals surface area contributed by atoms with Gasteiger partial charge in [-0.15, -0.1) is 0 Å². The molecule has 146 valence electrons. The first-order valence-corrected chi connectivity index (χ1v) is 9.09. The van der Waals surface area contributed by atoms with Crippen LogP contribution in [0.2, 0.25) is 0 Å². The minimum atomic E-state index is -0.700. The standard InChI is InChI=1S/C19H25N3O5/c1-3-22-15-10-9-13(12-14(15)21-18(25)19(22)26)17(24)20-11-7-5-4-6-8-16(23)27-2/h9-10,12H,3-8,11H2,1-2H3,(H,20,24)(H,21,25). The summed E-state index contributed by atoms with van der Waals surface area (Å²) in [6, 6.07) is 4.88. The van der Waals surface area contributed by atoms with E-state index in [0.29, 0.717) is 36.1 Å².